The van der Waals surface area contributed by atoms with Crippen molar-refractivity contribution in [2.45, 2.75) is 39.5 Å². The largest absolute Gasteiger partial charge is 0.494 e. The summed E-state index contributed by atoms with van der Waals surface area (Å²) in [5.41, 5.74) is 3.37. The summed E-state index contributed by atoms with van der Waals surface area (Å²) in [4.78, 5) is 4.34. The predicted molar refractivity (Wildman–Crippen MR) is 131 cm³/mol. The van der Waals surface area contributed by atoms with Crippen molar-refractivity contribution in [2.75, 3.05) is 26.9 Å². The van der Waals surface area contributed by atoms with Gasteiger partial charge in [-0.1, -0.05) is 30.3 Å². The van der Waals surface area contributed by atoms with Crippen LogP contribution in [0.4, 0.5) is 0 Å². The number of hydrogen-bond donors (Lipinski definition) is 2. The zero-order valence-electron chi connectivity index (χ0n) is 17.9. The number of halogens is 1. The highest BCUT2D eigenvalue weighted by molar-refractivity contribution is 14.0. The van der Waals surface area contributed by atoms with Crippen molar-refractivity contribution >= 4 is 29.9 Å². The number of aliphatic imine (C=N–C) groups is 1. The molecule has 164 valence electrons. The lowest BCUT2D eigenvalue weighted by atomic mass is 10.1. The third kappa shape index (κ3) is 7.05. The van der Waals surface area contributed by atoms with E-state index in [1.165, 1.54) is 5.56 Å². The molecule has 2 aromatic carbocycles. The van der Waals surface area contributed by atoms with E-state index in [1.54, 1.807) is 7.05 Å². The molecule has 0 radical (unpaired) electrons. The number of para-hydroxylation sites is 1. The van der Waals surface area contributed by atoms with E-state index in [0.29, 0.717) is 26.3 Å². The fourth-order valence-corrected chi connectivity index (χ4v) is 3.23. The average molecular weight is 525 g/mol. The molecule has 2 N–H and O–H groups in total. The molecular formula is C23H32IN3O3. The molecule has 1 unspecified atom stereocenters. The molecule has 1 aliphatic heterocycles. The Morgan fingerprint density at radius 1 is 1.10 bits per heavy atom. The molecule has 30 heavy (non-hydrogen) atoms. The fourth-order valence-electron chi connectivity index (χ4n) is 3.23. The van der Waals surface area contributed by atoms with E-state index in [1.807, 2.05) is 25.1 Å². The summed E-state index contributed by atoms with van der Waals surface area (Å²) in [6, 6.07) is 14.3. The maximum Gasteiger partial charge on any atom is 0.191 e. The topological polar surface area (TPSA) is 64.1 Å². The second-order valence-electron chi connectivity index (χ2n) is 7.03. The van der Waals surface area contributed by atoms with Gasteiger partial charge in [-0.25, -0.2) is 0 Å². The summed E-state index contributed by atoms with van der Waals surface area (Å²) in [6.45, 7) is 7.39. The molecular weight excluding hydrogens is 493 g/mol. The van der Waals surface area contributed by atoms with Crippen LogP contribution in [0.3, 0.4) is 0 Å². The number of nitrogens with zero attached hydrogens (tertiary/aromatic N) is 1. The monoisotopic (exact) mass is 525 g/mol. The van der Waals surface area contributed by atoms with Crippen molar-refractivity contribution in [3.05, 3.63) is 59.2 Å². The van der Waals surface area contributed by atoms with Crippen LogP contribution in [0.25, 0.3) is 0 Å². The maximum absolute atomic E-state index is 6.18. The third-order valence-electron chi connectivity index (χ3n) is 4.79. The Labute approximate surface area is 196 Å². The zero-order valence-corrected chi connectivity index (χ0v) is 20.3. The van der Waals surface area contributed by atoms with Crippen LogP contribution in [0.15, 0.2) is 47.5 Å². The third-order valence-corrected chi connectivity index (χ3v) is 4.79. The molecule has 1 fully saturated rings. The first-order chi connectivity index (χ1) is 14.2. The average Bonchev–Trinajstić information content (AvgIpc) is 3.24. The summed E-state index contributed by atoms with van der Waals surface area (Å²) in [7, 11) is 1.77. The molecule has 2 aromatic rings. The Morgan fingerprint density at radius 3 is 2.50 bits per heavy atom. The van der Waals surface area contributed by atoms with Gasteiger partial charge in [0.05, 0.1) is 19.8 Å². The van der Waals surface area contributed by atoms with E-state index in [0.717, 1.165) is 41.6 Å². The first kappa shape index (κ1) is 24.3. The number of nitrogens with one attached hydrogen (secondary N) is 2. The molecule has 1 saturated heterocycles. The molecule has 7 heteroatoms. The van der Waals surface area contributed by atoms with E-state index in [9.17, 15) is 0 Å². The van der Waals surface area contributed by atoms with Gasteiger partial charge >= 0.3 is 0 Å². The van der Waals surface area contributed by atoms with Gasteiger partial charge in [0.15, 0.2) is 5.96 Å². The summed E-state index contributed by atoms with van der Waals surface area (Å²) in [6.07, 6.45) is 1.06. The standard InChI is InChI=1S/C23H31N3O3.HI/c1-4-28-21-8-6-5-7-18(21)14-25-23(24-3)26-15-19-10-9-17(2)13-22(19)29-20-11-12-27-16-20;/h5-10,13,20H,4,11-12,14-16H2,1-3H3,(H2,24,25,26);1H. The summed E-state index contributed by atoms with van der Waals surface area (Å²) < 4.78 is 17.3. The van der Waals surface area contributed by atoms with Crippen LogP contribution in [0.1, 0.15) is 30.0 Å². The lowest BCUT2D eigenvalue weighted by Crippen LogP contribution is -2.36. The quantitative estimate of drug-likeness (QED) is 0.310. The van der Waals surface area contributed by atoms with Gasteiger partial charge in [-0.3, -0.25) is 4.99 Å². The Balaban J connectivity index is 0.00000320. The molecule has 1 atom stereocenters. The maximum atomic E-state index is 6.18. The molecule has 0 aromatic heterocycles. The first-order valence-corrected chi connectivity index (χ1v) is 10.2. The second-order valence-corrected chi connectivity index (χ2v) is 7.03. The van der Waals surface area contributed by atoms with Gasteiger partial charge in [-0.05, 0) is 31.5 Å². The molecule has 1 heterocycles. The highest BCUT2D eigenvalue weighted by Crippen LogP contribution is 2.24. The van der Waals surface area contributed by atoms with Crippen LogP contribution in [0.5, 0.6) is 11.5 Å². The SMILES string of the molecule is CCOc1ccccc1CNC(=NC)NCc1ccc(C)cc1OC1CCOC1.I. The van der Waals surface area contributed by atoms with Crippen LogP contribution in [-0.2, 0) is 17.8 Å². The first-order valence-electron chi connectivity index (χ1n) is 10.2. The van der Waals surface area contributed by atoms with Crippen molar-refractivity contribution in [3.8, 4) is 11.5 Å². The summed E-state index contributed by atoms with van der Waals surface area (Å²) in [5, 5.41) is 6.74. The number of hydrogen-bond acceptors (Lipinski definition) is 4. The molecule has 1 aliphatic rings. The van der Waals surface area contributed by atoms with Crippen molar-refractivity contribution in [3.63, 3.8) is 0 Å². The highest BCUT2D eigenvalue weighted by atomic mass is 127. The van der Waals surface area contributed by atoms with Crippen LogP contribution in [0, 0.1) is 6.92 Å². The van der Waals surface area contributed by atoms with Crippen LogP contribution < -0.4 is 20.1 Å². The minimum atomic E-state index is 0. The molecule has 0 bridgehead atoms. The number of benzene rings is 2. The smallest absolute Gasteiger partial charge is 0.191 e. The van der Waals surface area contributed by atoms with Crippen molar-refractivity contribution < 1.29 is 14.2 Å². The molecule has 6 nitrogen and oxygen atoms in total. The van der Waals surface area contributed by atoms with Gasteiger partial charge in [0.1, 0.15) is 17.6 Å². The Morgan fingerprint density at radius 2 is 1.83 bits per heavy atom. The molecule has 0 aliphatic carbocycles. The lowest BCUT2D eigenvalue weighted by Gasteiger charge is -2.18. The van der Waals surface area contributed by atoms with Gasteiger partial charge < -0.3 is 24.8 Å². The Hall–Kier alpha value is -2.00. The molecule has 0 amide bonds. The van der Waals surface area contributed by atoms with E-state index in [-0.39, 0.29) is 30.1 Å². The van der Waals surface area contributed by atoms with Crippen molar-refractivity contribution in [2.24, 2.45) is 4.99 Å². The minimum Gasteiger partial charge on any atom is -0.494 e. The minimum absolute atomic E-state index is 0. The van der Waals surface area contributed by atoms with Gasteiger partial charge in [0.25, 0.3) is 0 Å². The van der Waals surface area contributed by atoms with E-state index in [4.69, 9.17) is 14.2 Å². The van der Waals surface area contributed by atoms with Gasteiger partial charge in [0.2, 0.25) is 0 Å². The van der Waals surface area contributed by atoms with E-state index < -0.39 is 0 Å². The summed E-state index contributed by atoms with van der Waals surface area (Å²) in [5.74, 6) is 2.53. The summed E-state index contributed by atoms with van der Waals surface area (Å²) >= 11 is 0. The number of aryl methyl sites for hydroxylation is 1. The van der Waals surface area contributed by atoms with Crippen molar-refractivity contribution in [1.82, 2.24) is 10.6 Å². The van der Waals surface area contributed by atoms with Crippen LogP contribution >= 0.6 is 24.0 Å². The van der Waals surface area contributed by atoms with E-state index >= 15 is 0 Å². The molecule has 0 saturated carbocycles. The number of guanidine groups is 1. The van der Waals surface area contributed by atoms with Crippen LogP contribution in [-0.4, -0.2) is 38.9 Å². The molecule has 0 spiro atoms. The number of rotatable bonds is 8. The van der Waals surface area contributed by atoms with Crippen molar-refractivity contribution in [1.29, 1.82) is 0 Å². The lowest BCUT2D eigenvalue weighted by molar-refractivity contribution is 0.140. The second kappa shape index (κ2) is 12.6. The van der Waals surface area contributed by atoms with Gasteiger partial charge in [-0.15, -0.1) is 24.0 Å². The van der Waals surface area contributed by atoms with E-state index in [2.05, 4.69) is 46.8 Å². The zero-order chi connectivity index (χ0) is 20.5. The van der Waals surface area contributed by atoms with Gasteiger partial charge in [-0.2, -0.15) is 0 Å². The predicted octanol–water partition coefficient (Wildman–Crippen LogP) is 4.04. The van der Waals surface area contributed by atoms with Gasteiger partial charge in [0, 0.05) is 37.7 Å². The molecule has 3 rings (SSSR count). The number of ether oxygens (including phenoxy) is 3. The fraction of sp³-hybridized carbons (Fsp3) is 0.435. The highest BCUT2D eigenvalue weighted by Gasteiger charge is 2.18. The Kier molecular flexibility index (Phi) is 10.2. The van der Waals surface area contributed by atoms with Crippen LogP contribution in [0.2, 0.25) is 0 Å². The Bertz CT molecular complexity index is 823. The normalized spacial score (nSPS) is 16.0.